The summed E-state index contributed by atoms with van der Waals surface area (Å²) >= 11 is 0. The maximum Gasteiger partial charge on any atom is 0.221 e. The van der Waals surface area contributed by atoms with Gasteiger partial charge in [-0.15, -0.1) is 0 Å². The summed E-state index contributed by atoms with van der Waals surface area (Å²) < 4.78 is 0. The second-order valence-electron chi connectivity index (χ2n) is 13.3. The maximum absolute atomic E-state index is 12.4. The molecule has 0 rings (SSSR count). The van der Waals surface area contributed by atoms with Gasteiger partial charge in [0, 0.05) is 45.6 Å². The Kier molecular flexibility index (Phi) is 35.4. The zero-order chi connectivity index (χ0) is 32.2. The summed E-state index contributed by atoms with van der Waals surface area (Å²) in [7, 11) is 0. The first-order chi connectivity index (χ1) is 21.6. The van der Waals surface area contributed by atoms with Gasteiger partial charge >= 0.3 is 0 Å². The van der Waals surface area contributed by atoms with Crippen molar-refractivity contribution < 1.29 is 14.7 Å². The molecule has 0 unspecified atom stereocenters. The minimum atomic E-state index is 0.108. The number of amides is 2. The minimum absolute atomic E-state index is 0.108. The predicted molar refractivity (Wildman–Crippen MR) is 190 cm³/mol. The number of rotatable bonds is 36. The Labute approximate surface area is 274 Å². The molecule has 6 heteroatoms. The summed E-state index contributed by atoms with van der Waals surface area (Å²) in [5, 5.41) is 15.3. The van der Waals surface area contributed by atoms with Crippen LogP contribution in [0.2, 0.25) is 0 Å². The zero-order valence-corrected chi connectivity index (χ0v) is 29.8. The molecule has 0 spiro atoms. The van der Waals surface area contributed by atoms with Crippen molar-refractivity contribution in [3.05, 3.63) is 0 Å². The molecule has 0 bridgehead atoms. The van der Waals surface area contributed by atoms with Crippen LogP contribution in [-0.4, -0.2) is 61.2 Å². The summed E-state index contributed by atoms with van der Waals surface area (Å²) in [5.41, 5.74) is 0. The molecule has 0 heterocycles. The van der Waals surface area contributed by atoms with Gasteiger partial charge in [-0.25, -0.2) is 0 Å². The fraction of sp³-hybridized carbons (Fsp3) is 0.947. The average Bonchev–Trinajstić information content (AvgIpc) is 3.02. The number of nitrogens with zero attached hydrogens (tertiary/aromatic N) is 1. The van der Waals surface area contributed by atoms with Crippen LogP contribution in [0.1, 0.15) is 194 Å². The van der Waals surface area contributed by atoms with Crippen molar-refractivity contribution in [3.8, 4) is 0 Å². The standard InChI is InChI=1S/C38H77N3O3/c1-3-5-7-9-11-13-15-17-19-21-23-25-31-39-37(43)29-34-41(33-27-28-36-42)35-30-38(44)40-32-26-24-22-20-18-16-14-12-10-8-6-4-2/h42H,3-36H2,1-2H3,(H,39,43)(H,40,44). The quantitative estimate of drug-likeness (QED) is 0.0607. The van der Waals surface area contributed by atoms with Gasteiger partial charge < -0.3 is 20.6 Å². The van der Waals surface area contributed by atoms with Gasteiger partial charge in [0.15, 0.2) is 0 Å². The Morgan fingerprint density at radius 1 is 0.432 bits per heavy atom. The minimum Gasteiger partial charge on any atom is -0.396 e. The molecular weight excluding hydrogens is 546 g/mol. The highest BCUT2D eigenvalue weighted by Gasteiger charge is 2.11. The van der Waals surface area contributed by atoms with E-state index in [9.17, 15) is 9.59 Å². The lowest BCUT2D eigenvalue weighted by Crippen LogP contribution is -2.35. The number of carbonyl (C=O) groups excluding carboxylic acids is 2. The van der Waals surface area contributed by atoms with Gasteiger partial charge in [0.2, 0.25) is 11.8 Å². The van der Waals surface area contributed by atoms with Gasteiger partial charge in [0.05, 0.1) is 0 Å². The van der Waals surface area contributed by atoms with E-state index < -0.39 is 0 Å². The largest absolute Gasteiger partial charge is 0.396 e. The summed E-state index contributed by atoms with van der Waals surface area (Å²) in [4.78, 5) is 27.0. The van der Waals surface area contributed by atoms with Crippen molar-refractivity contribution in [2.24, 2.45) is 0 Å². The van der Waals surface area contributed by atoms with Crippen molar-refractivity contribution in [1.29, 1.82) is 0 Å². The molecule has 44 heavy (non-hydrogen) atoms. The topological polar surface area (TPSA) is 81.7 Å². The van der Waals surface area contributed by atoms with Gasteiger partial charge in [0.25, 0.3) is 0 Å². The van der Waals surface area contributed by atoms with Gasteiger partial charge in [-0.05, 0) is 32.2 Å². The van der Waals surface area contributed by atoms with E-state index in [4.69, 9.17) is 5.11 Å². The van der Waals surface area contributed by atoms with E-state index in [0.29, 0.717) is 25.9 Å². The molecule has 0 aliphatic rings. The number of aliphatic hydroxyl groups is 1. The molecule has 3 N–H and O–H groups in total. The Morgan fingerprint density at radius 2 is 0.750 bits per heavy atom. The molecule has 0 aliphatic heterocycles. The molecule has 0 aromatic heterocycles. The third-order valence-corrected chi connectivity index (χ3v) is 8.90. The Bertz CT molecular complexity index is 556. The van der Waals surface area contributed by atoms with Crippen molar-refractivity contribution >= 4 is 11.8 Å². The van der Waals surface area contributed by atoms with Crippen molar-refractivity contribution in [2.45, 2.75) is 194 Å². The third kappa shape index (κ3) is 33.7. The second kappa shape index (κ2) is 36.3. The molecule has 0 fully saturated rings. The normalized spacial score (nSPS) is 11.4. The summed E-state index contributed by atoms with van der Waals surface area (Å²) in [5.74, 6) is 0.216. The van der Waals surface area contributed by atoms with Gasteiger partial charge in [-0.2, -0.15) is 0 Å². The van der Waals surface area contributed by atoms with Crippen LogP contribution in [-0.2, 0) is 9.59 Å². The summed E-state index contributed by atoms with van der Waals surface area (Å²) in [6.45, 7) is 8.42. The van der Waals surface area contributed by atoms with E-state index in [2.05, 4.69) is 29.4 Å². The fourth-order valence-corrected chi connectivity index (χ4v) is 5.87. The molecule has 0 aliphatic carbocycles. The van der Waals surface area contributed by atoms with Gasteiger partial charge in [-0.3, -0.25) is 9.59 Å². The number of hydrogen-bond acceptors (Lipinski definition) is 4. The van der Waals surface area contributed by atoms with E-state index in [-0.39, 0.29) is 18.4 Å². The van der Waals surface area contributed by atoms with E-state index in [1.807, 2.05) is 0 Å². The summed E-state index contributed by atoms with van der Waals surface area (Å²) in [6, 6.07) is 0. The van der Waals surface area contributed by atoms with E-state index in [1.165, 1.54) is 141 Å². The molecule has 0 saturated heterocycles. The van der Waals surface area contributed by atoms with Crippen LogP contribution >= 0.6 is 0 Å². The Hall–Kier alpha value is -1.14. The van der Waals surface area contributed by atoms with E-state index >= 15 is 0 Å². The fourth-order valence-electron chi connectivity index (χ4n) is 5.87. The maximum atomic E-state index is 12.4. The number of nitrogens with one attached hydrogen (secondary N) is 2. The Morgan fingerprint density at radius 3 is 1.07 bits per heavy atom. The highest BCUT2D eigenvalue weighted by molar-refractivity contribution is 5.76. The van der Waals surface area contributed by atoms with Crippen LogP contribution in [0.4, 0.5) is 0 Å². The molecule has 6 nitrogen and oxygen atoms in total. The SMILES string of the molecule is CCCCCCCCCCCCCCNC(=O)CCN(CCCCO)CCC(=O)NCCCCCCCCCCCCCC. The number of carbonyl (C=O) groups is 2. The van der Waals surface area contributed by atoms with Crippen LogP contribution in [0.15, 0.2) is 0 Å². The molecular formula is C38H77N3O3. The zero-order valence-electron chi connectivity index (χ0n) is 29.8. The lowest BCUT2D eigenvalue weighted by molar-refractivity contribution is -0.121. The first kappa shape index (κ1) is 42.9. The van der Waals surface area contributed by atoms with Crippen molar-refractivity contribution in [2.75, 3.05) is 39.3 Å². The third-order valence-electron chi connectivity index (χ3n) is 8.90. The Balaban J connectivity index is 3.80. The molecule has 262 valence electrons. The predicted octanol–water partition coefficient (Wildman–Crippen LogP) is 9.48. The smallest absolute Gasteiger partial charge is 0.221 e. The van der Waals surface area contributed by atoms with Crippen LogP contribution in [0.25, 0.3) is 0 Å². The van der Waals surface area contributed by atoms with E-state index in [1.54, 1.807) is 0 Å². The number of aliphatic hydroxyl groups excluding tert-OH is 1. The lowest BCUT2D eigenvalue weighted by Gasteiger charge is -2.22. The number of unbranched alkanes of at least 4 members (excludes halogenated alkanes) is 23. The number of hydrogen-bond donors (Lipinski definition) is 3. The molecule has 0 radical (unpaired) electrons. The first-order valence-corrected chi connectivity index (χ1v) is 19.5. The monoisotopic (exact) mass is 624 g/mol. The molecule has 0 aromatic rings. The van der Waals surface area contributed by atoms with Crippen molar-refractivity contribution in [1.82, 2.24) is 15.5 Å². The van der Waals surface area contributed by atoms with E-state index in [0.717, 1.165) is 45.3 Å². The summed E-state index contributed by atoms with van der Waals surface area (Å²) in [6.07, 6.45) is 34.3. The lowest BCUT2D eigenvalue weighted by atomic mass is 10.1. The molecule has 2 amide bonds. The first-order valence-electron chi connectivity index (χ1n) is 19.5. The molecule has 0 aromatic carbocycles. The highest BCUT2D eigenvalue weighted by atomic mass is 16.3. The molecule has 0 atom stereocenters. The van der Waals surface area contributed by atoms with Crippen molar-refractivity contribution in [3.63, 3.8) is 0 Å². The van der Waals surface area contributed by atoms with Crippen LogP contribution in [0.3, 0.4) is 0 Å². The second-order valence-corrected chi connectivity index (χ2v) is 13.3. The van der Waals surface area contributed by atoms with Gasteiger partial charge in [0.1, 0.15) is 0 Å². The average molecular weight is 624 g/mol. The molecule has 0 saturated carbocycles. The van der Waals surface area contributed by atoms with Crippen LogP contribution < -0.4 is 10.6 Å². The van der Waals surface area contributed by atoms with Crippen LogP contribution in [0, 0.1) is 0 Å². The highest BCUT2D eigenvalue weighted by Crippen LogP contribution is 2.13. The van der Waals surface area contributed by atoms with Crippen LogP contribution in [0.5, 0.6) is 0 Å². The van der Waals surface area contributed by atoms with Gasteiger partial charge in [-0.1, -0.05) is 155 Å².